The highest BCUT2D eigenvalue weighted by Gasteiger charge is 2.36. The Morgan fingerprint density at radius 2 is 2.17 bits per heavy atom. The molecule has 3 heterocycles. The molecule has 0 unspecified atom stereocenters. The Morgan fingerprint density at radius 3 is 2.86 bits per heavy atom. The fourth-order valence-corrected chi connectivity index (χ4v) is 4.47. The number of anilines is 1. The number of rotatable bonds is 5. The van der Waals surface area contributed by atoms with Gasteiger partial charge in [0.25, 0.3) is 5.56 Å². The Balaban J connectivity index is 1.49. The third kappa shape index (κ3) is 4.56. The zero-order valence-electron chi connectivity index (χ0n) is 14.7. The van der Waals surface area contributed by atoms with E-state index in [0.717, 1.165) is 23.1 Å². The number of nitrogens with one attached hydrogen (secondary N) is 2. The molecule has 154 valence electrons. The maximum Gasteiger partial charge on any atom is 0.262 e. The van der Waals surface area contributed by atoms with E-state index in [9.17, 15) is 18.4 Å². The van der Waals surface area contributed by atoms with Gasteiger partial charge in [0.05, 0.1) is 18.0 Å². The van der Waals surface area contributed by atoms with Gasteiger partial charge in [-0.25, -0.2) is 18.4 Å². The largest absolute Gasteiger partial charge is 0.301 e. The Hall–Kier alpha value is -2.12. The van der Waals surface area contributed by atoms with Crippen LogP contribution in [0.3, 0.4) is 0 Å². The highest BCUT2D eigenvalue weighted by molar-refractivity contribution is 7.99. The molecule has 1 fully saturated rings. The van der Waals surface area contributed by atoms with Gasteiger partial charge < -0.3 is 4.98 Å². The summed E-state index contributed by atoms with van der Waals surface area (Å²) in [5.74, 6) is -3.06. The molecule has 1 aliphatic rings. The predicted octanol–water partition coefficient (Wildman–Crippen LogP) is 3.11. The van der Waals surface area contributed by atoms with E-state index in [4.69, 9.17) is 11.6 Å². The van der Waals surface area contributed by atoms with Gasteiger partial charge in [0.1, 0.15) is 5.39 Å². The summed E-state index contributed by atoms with van der Waals surface area (Å²) in [6.45, 7) is 0. The van der Waals surface area contributed by atoms with Crippen molar-refractivity contribution in [2.45, 2.75) is 42.8 Å². The summed E-state index contributed by atoms with van der Waals surface area (Å²) in [6, 6.07) is -0.246. The number of alkyl halides is 2. The Morgan fingerprint density at radius 1 is 1.41 bits per heavy atom. The van der Waals surface area contributed by atoms with Crippen LogP contribution < -0.4 is 10.9 Å². The fourth-order valence-electron chi connectivity index (χ4n) is 3.07. The molecule has 1 aliphatic carbocycles. The molecule has 3 aromatic rings. The van der Waals surface area contributed by atoms with Crippen LogP contribution in [0.5, 0.6) is 0 Å². The fraction of sp³-hybridized carbons (Fsp3) is 0.467. The number of nitrogens with zero attached hydrogens (tertiary/aromatic N) is 5. The first-order chi connectivity index (χ1) is 13.8. The van der Waals surface area contributed by atoms with Crippen molar-refractivity contribution in [1.82, 2.24) is 29.9 Å². The van der Waals surface area contributed by atoms with E-state index in [2.05, 4.69) is 30.6 Å². The first kappa shape index (κ1) is 20.2. The maximum absolute atomic E-state index is 13.4. The number of carbonyl (C=O) groups excluding carboxylic acids is 1. The summed E-state index contributed by atoms with van der Waals surface area (Å²) in [5.41, 5.74) is -0.0796. The lowest BCUT2D eigenvalue weighted by atomic mass is 9.92. The minimum atomic E-state index is -2.66. The summed E-state index contributed by atoms with van der Waals surface area (Å²) >= 11 is 7.71. The first-order valence-electron chi connectivity index (χ1n) is 8.58. The summed E-state index contributed by atoms with van der Waals surface area (Å²) in [4.78, 5) is 31.3. The van der Waals surface area contributed by atoms with Crippen LogP contribution in [-0.4, -0.2) is 47.5 Å². The van der Waals surface area contributed by atoms with Crippen molar-refractivity contribution in [3.8, 4) is 0 Å². The van der Waals surface area contributed by atoms with Crippen LogP contribution >= 0.6 is 34.7 Å². The quantitative estimate of drug-likeness (QED) is 0.442. The lowest BCUT2D eigenvalue weighted by Gasteiger charge is -2.28. The SMILES string of the molecule is O=C(CSc1nc2c(cnn2C2CCC(F)(F)CC2)c(=O)[nH]1)Nc1nnc(Cl)s1. The highest BCUT2D eigenvalue weighted by atomic mass is 35.5. The van der Waals surface area contributed by atoms with Gasteiger partial charge in [0, 0.05) is 12.8 Å². The first-order valence-corrected chi connectivity index (χ1v) is 10.8. The Labute approximate surface area is 175 Å². The minimum Gasteiger partial charge on any atom is -0.301 e. The number of H-pyrrole nitrogens is 1. The van der Waals surface area contributed by atoms with Gasteiger partial charge in [-0.1, -0.05) is 23.1 Å². The van der Waals surface area contributed by atoms with Crippen molar-refractivity contribution < 1.29 is 13.6 Å². The molecule has 0 atom stereocenters. The lowest BCUT2D eigenvalue weighted by molar-refractivity contribution is -0.113. The van der Waals surface area contributed by atoms with Gasteiger partial charge in [-0.05, 0) is 24.4 Å². The van der Waals surface area contributed by atoms with Gasteiger partial charge in [-0.3, -0.25) is 14.9 Å². The van der Waals surface area contributed by atoms with Crippen LogP contribution in [-0.2, 0) is 4.79 Å². The Kier molecular flexibility index (Phi) is 5.53. The second-order valence-electron chi connectivity index (χ2n) is 6.48. The topological polar surface area (TPSA) is 118 Å². The van der Waals surface area contributed by atoms with E-state index in [0.29, 0.717) is 5.65 Å². The number of hydrogen-bond acceptors (Lipinski definition) is 8. The average Bonchev–Trinajstić information content (AvgIpc) is 3.27. The molecule has 0 bridgehead atoms. The number of carbonyl (C=O) groups is 1. The second kappa shape index (κ2) is 7.95. The van der Waals surface area contributed by atoms with Gasteiger partial charge in [0.2, 0.25) is 21.4 Å². The molecule has 2 N–H and O–H groups in total. The van der Waals surface area contributed by atoms with E-state index in [1.165, 1.54) is 10.9 Å². The molecule has 0 aliphatic heterocycles. The van der Waals surface area contributed by atoms with Crippen LogP contribution in [0.1, 0.15) is 31.7 Å². The number of thioether (sulfide) groups is 1. The molecule has 0 saturated heterocycles. The summed E-state index contributed by atoms with van der Waals surface area (Å²) in [5, 5.41) is 14.8. The maximum atomic E-state index is 13.4. The molecule has 9 nitrogen and oxygen atoms in total. The molecule has 0 radical (unpaired) electrons. The lowest BCUT2D eigenvalue weighted by Crippen LogP contribution is -2.27. The molecule has 29 heavy (non-hydrogen) atoms. The number of fused-ring (bicyclic) bond motifs is 1. The average molecular weight is 462 g/mol. The molecule has 3 aromatic heterocycles. The van der Waals surface area contributed by atoms with Gasteiger partial charge in [0.15, 0.2) is 10.8 Å². The number of amides is 1. The molecule has 14 heteroatoms. The van der Waals surface area contributed by atoms with E-state index in [1.54, 1.807) is 0 Å². The van der Waals surface area contributed by atoms with E-state index >= 15 is 0 Å². The van der Waals surface area contributed by atoms with Crippen molar-refractivity contribution >= 4 is 56.8 Å². The van der Waals surface area contributed by atoms with Gasteiger partial charge in [-0.2, -0.15) is 5.10 Å². The van der Waals surface area contributed by atoms with E-state index < -0.39 is 11.5 Å². The van der Waals surface area contributed by atoms with E-state index in [1.807, 2.05) is 0 Å². The van der Waals surface area contributed by atoms with Crippen LogP contribution in [0, 0.1) is 0 Å². The van der Waals surface area contributed by atoms with Crippen molar-refractivity contribution in [2.75, 3.05) is 11.1 Å². The Bertz CT molecular complexity index is 1110. The van der Waals surface area contributed by atoms with E-state index in [-0.39, 0.29) is 63.5 Å². The molecule has 0 aromatic carbocycles. The standard InChI is InChI=1S/C15H14ClF2N7O2S2/c16-12-23-24-14(29-12)20-9(26)6-28-13-21-10-8(11(27)22-13)5-19-25(10)7-1-3-15(17,18)4-2-7/h5,7H,1-4,6H2,(H,20,24,26)(H,21,22,27). The van der Waals surface area contributed by atoms with Gasteiger partial charge in [-0.15, -0.1) is 10.2 Å². The summed E-state index contributed by atoms with van der Waals surface area (Å²) < 4.78 is 28.6. The molecular weight excluding hydrogens is 448 g/mol. The minimum absolute atomic E-state index is 0.0323. The molecule has 1 saturated carbocycles. The summed E-state index contributed by atoms with van der Waals surface area (Å²) in [7, 11) is 0. The normalized spacial score (nSPS) is 16.9. The van der Waals surface area contributed by atoms with Crippen molar-refractivity contribution in [3.05, 3.63) is 21.0 Å². The van der Waals surface area contributed by atoms with Crippen LogP contribution in [0.15, 0.2) is 16.1 Å². The third-order valence-corrected chi connectivity index (χ3v) is 6.27. The van der Waals surface area contributed by atoms with Crippen molar-refractivity contribution in [1.29, 1.82) is 0 Å². The van der Waals surface area contributed by atoms with Gasteiger partial charge >= 0.3 is 0 Å². The van der Waals surface area contributed by atoms with Crippen molar-refractivity contribution in [2.24, 2.45) is 0 Å². The van der Waals surface area contributed by atoms with Crippen molar-refractivity contribution in [3.63, 3.8) is 0 Å². The van der Waals surface area contributed by atoms with Crippen LogP contribution in [0.4, 0.5) is 13.9 Å². The zero-order valence-corrected chi connectivity index (χ0v) is 17.1. The predicted molar refractivity (Wildman–Crippen MR) is 105 cm³/mol. The molecule has 1 amide bonds. The number of halogens is 3. The zero-order chi connectivity index (χ0) is 20.6. The monoisotopic (exact) mass is 461 g/mol. The molecule has 0 spiro atoms. The molecule has 4 rings (SSSR count). The highest BCUT2D eigenvalue weighted by Crippen LogP contribution is 2.38. The number of aromatic nitrogens is 6. The number of aromatic amines is 1. The molecular formula is C15H14ClF2N7O2S2. The van der Waals surface area contributed by atoms with Crippen LogP contribution in [0.2, 0.25) is 4.47 Å². The van der Waals surface area contributed by atoms with Crippen LogP contribution in [0.25, 0.3) is 11.0 Å². The smallest absolute Gasteiger partial charge is 0.262 e. The number of hydrogen-bond donors (Lipinski definition) is 2. The summed E-state index contributed by atoms with van der Waals surface area (Å²) in [6.07, 6.45) is 1.45. The third-order valence-electron chi connectivity index (χ3n) is 4.46. The second-order valence-corrected chi connectivity index (χ2v) is 9.01.